The molecule has 0 saturated carbocycles. The fourth-order valence-corrected chi connectivity index (χ4v) is 12.7. The van der Waals surface area contributed by atoms with Gasteiger partial charge in [-0.25, -0.2) is 0 Å². The van der Waals surface area contributed by atoms with Crippen molar-refractivity contribution >= 4 is 0 Å². The minimum atomic E-state index is 0.0494. The Hall–Kier alpha value is -3.12. The Morgan fingerprint density at radius 1 is 0.426 bits per heavy atom. The van der Waals surface area contributed by atoms with Gasteiger partial charge in [-0.3, -0.25) is 0 Å². The lowest BCUT2D eigenvalue weighted by atomic mass is 9.65. The first-order chi connectivity index (χ1) is 24.7. The molecule has 0 radical (unpaired) electrons. The lowest BCUT2D eigenvalue weighted by Gasteiger charge is -2.38. The molecule has 0 bridgehead atoms. The Balaban J connectivity index is 1.38. The number of fused-ring (bicyclic) bond motifs is 2. The Labute approximate surface area is 331 Å². The molecule has 288 valence electrons. The first-order valence-electron chi connectivity index (χ1n) is 21.2. The van der Waals surface area contributed by atoms with Crippen LogP contribution in [-0.2, 0) is 0 Å². The summed E-state index contributed by atoms with van der Waals surface area (Å²) in [5, 5.41) is 0. The molecular formula is C54H72. The Bertz CT molecular complexity index is 2190. The molecule has 0 spiro atoms. The molecule has 0 nitrogen and oxygen atoms in total. The summed E-state index contributed by atoms with van der Waals surface area (Å²) in [6.07, 6.45) is 3.16. The van der Waals surface area contributed by atoms with Gasteiger partial charge < -0.3 is 0 Å². The quantitative estimate of drug-likeness (QED) is 0.271. The number of hydrogen-bond acceptors (Lipinski definition) is 0. The van der Waals surface area contributed by atoms with Crippen molar-refractivity contribution in [2.45, 2.75) is 151 Å². The monoisotopic (exact) mass is 721 g/mol. The first kappa shape index (κ1) is 39.1. The Morgan fingerprint density at radius 2 is 0.852 bits per heavy atom. The summed E-state index contributed by atoms with van der Waals surface area (Å²) in [6, 6.07) is 0. The molecule has 0 heterocycles. The van der Waals surface area contributed by atoms with Gasteiger partial charge in [-0.05, 0) is 208 Å². The SMILES string of the molecule is C=C1C2=C(C3=C(C)C(C)=C(C)C3)C(C(C)(C)C)C(=C)C2=C(C2=C(C)C(C)=C(C3=C(C)C4=C(C5=C(C4)C(C)=C(C)C5C(C)(C)C)C3C(C)(C)C)C2)C1C(C)C. The van der Waals surface area contributed by atoms with Crippen LogP contribution in [0.2, 0.25) is 0 Å². The van der Waals surface area contributed by atoms with Crippen LogP contribution in [0.5, 0.6) is 0 Å². The molecule has 0 amide bonds. The number of allylic oxidation sites excluding steroid dienone is 22. The van der Waals surface area contributed by atoms with E-state index in [0.717, 1.165) is 19.3 Å². The highest BCUT2D eigenvalue weighted by atomic mass is 14.6. The van der Waals surface area contributed by atoms with Crippen LogP contribution in [0.1, 0.15) is 151 Å². The van der Waals surface area contributed by atoms with Crippen LogP contribution in [0.3, 0.4) is 0 Å². The van der Waals surface area contributed by atoms with Crippen molar-refractivity contribution in [3.63, 3.8) is 0 Å². The third kappa shape index (κ3) is 5.19. The van der Waals surface area contributed by atoms with Crippen molar-refractivity contribution < 1.29 is 0 Å². The summed E-state index contributed by atoms with van der Waals surface area (Å²) >= 11 is 0. The predicted molar refractivity (Wildman–Crippen MR) is 235 cm³/mol. The minimum absolute atomic E-state index is 0.0494. The normalized spacial score (nSPS) is 28.3. The van der Waals surface area contributed by atoms with Crippen LogP contribution in [-0.4, -0.2) is 0 Å². The lowest BCUT2D eigenvalue weighted by Crippen LogP contribution is -2.29. The Morgan fingerprint density at radius 3 is 1.33 bits per heavy atom. The molecule has 54 heavy (non-hydrogen) atoms. The molecule has 0 N–H and O–H groups in total. The van der Waals surface area contributed by atoms with Crippen LogP contribution >= 0.6 is 0 Å². The second kappa shape index (κ2) is 12.2. The van der Waals surface area contributed by atoms with Gasteiger partial charge >= 0.3 is 0 Å². The summed E-state index contributed by atoms with van der Waals surface area (Å²) in [6.45, 7) is 56.3. The molecule has 0 aliphatic heterocycles. The maximum absolute atomic E-state index is 5.05. The summed E-state index contributed by atoms with van der Waals surface area (Å²) in [5.41, 5.74) is 34.2. The average molecular weight is 721 g/mol. The minimum Gasteiger partial charge on any atom is -0.0946 e. The molecule has 0 saturated heterocycles. The number of rotatable bonds is 4. The lowest BCUT2D eigenvalue weighted by molar-refractivity contribution is 0.297. The van der Waals surface area contributed by atoms with Crippen LogP contribution in [0.25, 0.3) is 0 Å². The van der Waals surface area contributed by atoms with E-state index in [1.807, 2.05) is 0 Å². The third-order valence-electron chi connectivity index (χ3n) is 15.4. The molecule has 0 fully saturated rings. The molecule has 7 aliphatic carbocycles. The third-order valence-corrected chi connectivity index (χ3v) is 15.4. The van der Waals surface area contributed by atoms with Crippen molar-refractivity contribution in [3.8, 4) is 0 Å². The summed E-state index contributed by atoms with van der Waals surface area (Å²) < 4.78 is 0. The molecule has 4 atom stereocenters. The van der Waals surface area contributed by atoms with Crippen molar-refractivity contribution in [2.75, 3.05) is 0 Å². The van der Waals surface area contributed by atoms with Crippen LogP contribution in [0, 0.1) is 45.8 Å². The molecule has 4 unspecified atom stereocenters. The topological polar surface area (TPSA) is 0 Å². The zero-order chi connectivity index (χ0) is 40.2. The molecule has 0 aromatic heterocycles. The van der Waals surface area contributed by atoms with E-state index in [2.05, 4.69) is 132 Å². The first-order valence-corrected chi connectivity index (χ1v) is 21.2. The highest BCUT2D eigenvalue weighted by Gasteiger charge is 2.53. The highest BCUT2D eigenvalue weighted by Crippen LogP contribution is 2.67. The van der Waals surface area contributed by atoms with Gasteiger partial charge in [-0.1, -0.05) is 100 Å². The van der Waals surface area contributed by atoms with Gasteiger partial charge in [0.25, 0.3) is 0 Å². The van der Waals surface area contributed by atoms with Crippen molar-refractivity contribution in [3.05, 3.63) is 136 Å². The molecule has 7 aliphatic rings. The van der Waals surface area contributed by atoms with Gasteiger partial charge in [0, 0.05) is 23.7 Å². The van der Waals surface area contributed by atoms with Crippen molar-refractivity contribution in [2.24, 2.45) is 45.8 Å². The smallest absolute Gasteiger partial charge is 0.0150 e. The van der Waals surface area contributed by atoms with Crippen molar-refractivity contribution in [1.29, 1.82) is 0 Å². The van der Waals surface area contributed by atoms with E-state index in [1.54, 1.807) is 72.5 Å². The van der Waals surface area contributed by atoms with Crippen LogP contribution < -0.4 is 0 Å². The van der Waals surface area contributed by atoms with Gasteiger partial charge in [0.05, 0.1) is 0 Å². The van der Waals surface area contributed by atoms with E-state index in [0.29, 0.717) is 23.7 Å². The van der Waals surface area contributed by atoms with Gasteiger partial charge in [0.1, 0.15) is 0 Å². The zero-order valence-electron chi connectivity index (χ0n) is 37.9. The Kier molecular flexibility index (Phi) is 8.83. The maximum Gasteiger partial charge on any atom is 0.0150 e. The van der Waals surface area contributed by atoms with E-state index >= 15 is 0 Å². The van der Waals surface area contributed by atoms with E-state index in [4.69, 9.17) is 13.2 Å². The second-order valence-corrected chi connectivity index (χ2v) is 22.1. The maximum atomic E-state index is 5.05. The van der Waals surface area contributed by atoms with Gasteiger partial charge in [0.15, 0.2) is 0 Å². The van der Waals surface area contributed by atoms with Gasteiger partial charge in [-0.15, -0.1) is 0 Å². The molecule has 0 aromatic carbocycles. The second-order valence-electron chi connectivity index (χ2n) is 22.1. The van der Waals surface area contributed by atoms with E-state index < -0.39 is 0 Å². The largest absolute Gasteiger partial charge is 0.0946 e. The van der Waals surface area contributed by atoms with Gasteiger partial charge in [-0.2, -0.15) is 0 Å². The molecule has 0 aromatic rings. The van der Waals surface area contributed by atoms with Crippen molar-refractivity contribution in [1.82, 2.24) is 0 Å². The van der Waals surface area contributed by atoms with E-state index in [1.165, 1.54) is 50.2 Å². The summed E-state index contributed by atoms with van der Waals surface area (Å²) in [4.78, 5) is 0. The summed E-state index contributed by atoms with van der Waals surface area (Å²) in [5.74, 6) is 1.91. The fraction of sp³-hybridized carbons (Fsp3) is 0.556. The highest BCUT2D eigenvalue weighted by molar-refractivity contribution is 5.82. The molecular weight excluding hydrogens is 649 g/mol. The van der Waals surface area contributed by atoms with Gasteiger partial charge in [0.2, 0.25) is 0 Å². The van der Waals surface area contributed by atoms with E-state index in [-0.39, 0.29) is 22.2 Å². The number of hydrogen-bond donors (Lipinski definition) is 0. The molecule has 7 rings (SSSR count). The standard InChI is InChI=1S/C54H72/c1-25(2)41-34(11)43-44(35(12)50(53(16,17)18)46(43)36-22-26(3)27(4)28(36)5)45(41)38-23-37(29(6)30(38)7)42-33(10)40-24-39-31(8)32(9)49(52(13,14)15)47(39)48(40)51(42)54(19,20)21/h25,41,49-51H,11-12,22-24H2,1-10,13-21H3. The van der Waals surface area contributed by atoms with Crippen LogP contribution in [0.15, 0.2) is 136 Å². The fourth-order valence-electron chi connectivity index (χ4n) is 12.7. The summed E-state index contributed by atoms with van der Waals surface area (Å²) in [7, 11) is 0. The van der Waals surface area contributed by atoms with E-state index in [9.17, 15) is 0 Å². The molecule has 0 heteroatoms. The van der Waals surface area contributed by atoms with Crippen LogP contribution in [0.4, 0.5) is 0 Å². The predicted octanol–water partition coefficient (Wildman–Crippen LogP) is 15.7. The average Bonchev–Trinajstić information content (AvgIpc) is 3.86. The zero-order valence-corrected chi connectivity index (χ0v) is 37.9.